The third-order valence-electron chi connectivity index (χ3n) is 21.2. The van der Waals surface area contributed by atoms with Crippen LogP contribution in [0.1, 0.15) is 185 Å². The highest BCUT2D eigenvalue weighted by Gasteiger charge is 2.42. The van der Waals surface area contributed by atoms with Crippen molar-refractivity contribution in [2.45, 2.75) is 248 Å². The van der Waals surface area contributed by atoms with E-state index in [4.69, 9.17) is 28.7 Å². The van der Waals surface area contributed by atoms with Gasteiger partial charge in [-0.15, -0.1) is 0 Å². The molecule has 0 bridgehead atoms. The number of likely N-dealkylation sites (tertiary alicyclic amines) is 2. The lowest BCUT2D eigenvalue weighted by Gasteiger charge is -2.32. The van der Waals surface area contributed by atoms with E-state index in [1.54, 1.807) is 92.5 Å². The topological polar surface area (TPSA) is 531 Å². The smallest absolute Gasteiger partial charge is 0.264 e. The second kappa shape index (κ2) is 54.5. The normalized spacial score (nSPS) is 15.8. The predicted molar refractivity (Wildman–Crippen MR) is 464 cm³/mol. The first-order valence-electron chi connectivity index (χ1n) is 42.5. The lowest BCUT2D eigenvalue weighted by Crippen LogP contribution is -2.61. The number of carbonyl (C=O) groups excluding carboxylic acids is 13. The van der Waals surface area contributed by atoms with Gasteiger partial charge >= 0.3 is 0 Å². The van der Waals surface area contributed by atoms with Gasteiger partial charge in [0.15, 0.2) is 5.96 Å². The SMILES string of the molecule is CCCCCCCCCCCC(=O)NCCCNC(=O)/C=N/NCC(=O)NCCC[C@H](NC(=O)[C@@H](NC(=O)[C@@H]1CCCN1C(=O)[C@H](CCCCN)NC(=O)[C@H](Cc1ccccc1)NC(=O)[C@@H](Cc1c[nH]c2ccccc12)NC(=O)[C@H](CCCN=C(N)N)NC(=O)[C@@H](Cc1ccccc1)NC(=O)[C@@H]1CCCN1C(=O)[C@@H](N)CCSC)C(C)C)C(N)=O. The van der Waals surface area contributed by atoms with Gasteiger partial charge in [0.05, 0.1) is 6.04 Å². The molecule has 0 unspecified atom stereocenters. The molecular formula is C85H131N21O13S. The van der Waals surface area contributed by atoms with E-state index < -0.39 is 131 Å². The number of benzene rings is 3. The zero-order valence-electron chi connectivity index (χ0n) is 70.2. The van der Waals surface area contributed by atoms with Crippen molar-refractivity contribution in [3.63, 3.8) is 0 Å². The second-order valence-electron chi connectivity index (χ2n) is 31.1. The van der Waals surface area contributed by atoms with E-state index in [0.717, 1.165) is 36.4 Å². The third-order valence-corrected chi connectivity index (χ3v) is 21.9. The van der Waals surface area contributed by atoms with Crippen LogP contribution >= 0.6 is 11.8 Å². The molecule has 4 aromatic rings. The number of thioether (sulfide) groups is 1. The molecule has 3 heterocycles. The first kappa shape index (κ1) is 98.1. The highest BCUT2D eigenvalue weighted by molar-refractivity contribution is 7.98. The quantitative estimate of drug-likeness (QED) is 0.0130. The lowest BCUT2D eigenvalue weighted by molar-refractivity contribution is -0.143. The number of primary amides is 1. The van der Waals surface area contributed by atoms with Crippen molar-refractivity contribution in [3.8, 4) is 0 Å². The number of aromatic amines is 1. The summed E-state index contributed by atoms with van der Waals surface area (Å²) in [5.74, 6) is -8.15. The molecule has 660 valence electrons. The number of aliphatic imine (C=N–C) groups is 1. The number of H-pyrrole nitrogens is 1. The van der Waals surface area contributed by atoms with Crippen molar-refractivity contribution >= 4 is 112 Å². The van der Waals surface area contributed by atoms with Crippen molar-refractivity contribution in [1.82, 2.24) is 73.4 Å². The van der Waals surface area contributed by atoms with E-state index in [1.165, 1.54) is 48.3 Å². The molecule has 3 aromatic carbocycles. The molecule has 2 aliphatic rings. The molecule has 0 spiro atoms. The van der Waals surface area contributed by atoms with Crippen LogP contribution in [-0.2, 0) is 81.6 Å². The Bertz CT molecular complexity index is 3980. The molecule has 0 saturated carbocycles. The molecule has 6 rings (SSSR count). The monoisotopic (exact) mass is 1690 g/mol. The molecule has 0 radical (unpaired) electrons. The highest BCUT2D eigenvalue weighted by Crippen LogP contribution is 2.25. The van der Waals surface area contributed by atoms with Crippen molar-refractivity contribution in [3.05, 3.63) is 108 Å². The standard InChI is InChI=1S/C85H131N21O13S/c1-5-6-7-8-9-10-11-12-19-40-71(107)91-45-28-46-93-73(109)55-97-96-54-72(108)92-43-24-36-63(75(88)110)98-82(117)74(56(2)3)104-81(116)70-39-27-48-106(70)84(119)65(35-22-23-42-86)100-78(113)66(50-57-29-15-13-16-30-57)101-79(114)68(52-59-53-95-62-34-21-20-33-60(59)62)102-76(111)64(37-25-44-94-85(89)90)99-77(112)67(51-58-31-17-14-18-32-58)103-80(115)69-38-26-47-105(69)83(118)61(87)41-49-120-4/h13-18,20-21,29-34,53,55-56,61,63-70,74,95-96H,5-12,19,22-28,35-52,54,86-87H2,1-4H3,(H2,88,110)(H,91,107)(H,92,108)(H,93,109)(H,98,117)(H,99,112)(H,100,113)(H,101,114)(H,102,111)(H,103,115)(H,104,116)(H4,89,90,94)/b97-55+/t61-,63-,64-,65-,66-,67+,68+,69-,70-,74-/m0/s1. The second-order valence-corrected chi connectivity index (χ2v) is 32.1. The molecule has 10 atom stereocenters. The number of aromatic nitrogens is 1. The maximum absolute atomic E-state index is 15.4. The van der Waals surface area contributed by atoms with Gasteiger partial charge in [-0.1, -0.05) is 151 Å². The predicted octanol–water partition coefficient (Wildman–Crippen LogP) is 1.99. The fourth-order valence-electron chi connectivity index (χ4n) is 14.5. The van der Waals surface area contributed by atoms with Crippen LogP contribution in [0, 0.1) is 5.92 Å². The zero-order valence-corrected chi connectivity index (χ0v) is 71.0. The van der Waals surface area contributed by atoms with Gasteiger partial charge < -0.3 is 102 Å². The number of nitrogens with two attached hydrogens (primary N) is 5. The number of fused-ring (bicyclic) bond motifs is 1. The number of nitrogens with one attached hydrogen (secondary N) is 12. The minimum absolute atomic E-state index is 0.00367. The summed E-state index contributed by atoms with van der Waals surface area (Å²) in [6, 6.07) is 12.8. The van der Waals surface area contributed by atoms with Gasteiger partial charge in [-0.05, 0) is 137 Å². The molecular weight excluding hydrogens is 1560 g/mol. The average molecular weight is 1690 g/mol. The fraction of sp³-hybridized carbons (Fsp3) is 0.588. The van der Waals surface area contributed by atoms with E-state index in [2.05, 4.69) is 80.6 Å². The zero-order chi connectivity index (χ0) is 87.1. The molecule has 0 aliphatic carbocycles. The number of nitrogens with zero attached hydrogens (tertiary/aromatic N) is 4. The van der Waals surface area contributed by atoms with Gasteiger partial charge in [-0.2, -0.15) is 16.9 Å². The summed E-state index contributed by atoms with van der Waals surface area (Å²) in [4.78, 5) is 193. The summed E-state index contributed by atoms with van der Waals surface area (Å²) < 4.78 is 0. The van der Waals surface area contributed by atoms with Crippen LogP contribution < -0.4 is 87.3 Å². The van der Waals surface area contributed by atoms with Gasteiger partial charge in [0.25, 0.3) is 5.91 Å². The summed E-state index contributed by atoms with van der Waals surface area (Å²) in [5, 5.41) is 32.6. The lowest BCUT2D eigenvalue weighted by atomic mass is 10.00. The average Bonchev–Trinajstić information content (AvgIpc) is 1.61. The number of amides is 13. The Morgan fingerprint density at radius 3 is 1.66 bits per heavy atom. The number of unbranched alkanes of at least 4 members (excludes halogenated alkanes) is 9. The minimum atomic E-state index is -1.47. The van der Waals surface area contributed by atoms with E-state index in [1.807, 2.05) is 30.5 Å². The Morgan fingerprint density at radius 1 is 0.533 bits per heavy atom. The van der Waals surface area contributed by atoms with E-state index in [-0.39, 0.29) is 108 Å². The van der Waals surface area contributed by atoms with Crippen LogP contribution in [0.2, 0.25) is 0 Å². The Morgan fingerprint density at radius 2 is 1.05 bits per heavy atom. The first-order valence-corrected chi connectivity index (χ1v) is 43.9. The van der Waals surface area contributed by atoms with E-state index in [9.17, 15) is 43.2 Å². The van der Waals surface area contributed by atoms with Crippen molar-refractivity contribution < 1.29 is 62.3 Å². The Labute approximate surface area is 708 Å². The number of hydrogen-bond donors (Lipinski definition) is 17. The van der Waals surface area contributed by atoms with Crippen molar-refractivity contribution in [2.75, 3.05) is 64.4 Å². The third kappa shape index (κ3) is 34.9. The molecule has 35 heteroatoms. The highest BCUT2D eigenvalue weighted by atomic mass is 32.2. The van der Waals surface area contributed by atoms with Crippen molar-refractivity contribution in [1.29, 1.82) is 0 Å². The van der Waals surface area contributed by atoms with E-state index in [0.29, 0.717) is 93.4 Å². The van der Waals surface area contributed by atoms with Crippen molar-refractivity contribution in [2.24, 2.45) is 44.7 Å². The minimum Gasteiger partial charge on any atom is -0.370 e. The number of rotatable bonds is 57. The number of hydrogen-bond acceptors (Lipinski definition) is 19. The van der Waals surface area contributed by atoms with Gasteiger partial charge in [-0.3, -0.25) is 67.3 Å². The van der Waals surface area contributed by atoms with Crippen LogP contribution in [0.4, 0.5) is 0 Å². The molecule has 2 saturated heterocycles. The molecule has 34 nitrogen and oxygen atoms in total. The van der Waals surface area contributed by atoms with Crippen LogP contribution in [0.25, 0.3) is 10.9 Å². The van der Waals surface area contributed by atoms with Crippen LogP contribution in [0.5, 0.6) is 0 Å². The van der Waals surface area contributed by atoms with Crippen LogP contribution in [0.15, 0.2) is 101 Å². The summed E-state index contributed by atoms with van der Waals surface area (Å²) in [7, 11) is 0. The summed E-state index contributed by atoms with van der Waals surface area (Å²) in [5.41, 5.74) is 34.6. The Balaban J connectivity index is 1.11. The van der Waals surface area contributed by atoms with Crippen LogP contribution in [-0.4, -0.2) is 229 Å². The number of para-hydroxylation sites is 1. The van der Waals surface area contributed by atoms with Gasteiger partial charge in [0, 0.05) is 82.1 Å². The van der Waals surface area contributed by atoms with Crippen LogP contribution in [0.3, 0.4) is 0 Å². The Kier molecular flexibility index (Phi) is 44.6. The molecule has 2 aliphatic heterocycles. The molecule has 120 heavy (non-hydrogen) atoms. The molecule has 13 amide bonds. The molecule has 22 N–H and O–H groups in total. The van der Waals surface area contributed by atoms with E-state index >= 15 is 19.2 Å². The summed E-state index contributed by atoms with van der Waals surface area (Å²) in [6.07, 6.45) is 18.7. The molecule has 2 fully saturated rings. The largest absolute Gasteiger partial charge is 0.370 e. The first-order chi connectivity index (χ1) is 57.8. The number of hydrazone groups is 1. The maximum atomic E-state index is 15.4. The summed E-state index contributed by atoms with van der Waals surface area (Å²) >= 11 is 1.54. The van der Waals surface area contributed by atoms with Gasteiger partial charge in [-0.25, -0.2) is 0 Å². The summed E-state index contributed by atoms with van der Waals surface area (Å²) in [6.45, 7) is 6.76. The Hall–Kier alpha value is -10.7. The molecule has 1 aromatic heterocycles. The maximum Gasteiger partial charge on any atom is 0.264 e. The number of guanidine groups is 1. The number of carbonyl (C=O) groups is 13. The fourth-order valence-corrected chi connectivity index (χ4v) is 15.0. The van der Waals surface area contributed by atoms with Gasteiger partial charge in [0.2, 0.25) is 70.9 Å². The van der Waals surface area contributed by atoms with Gasteiger partial charge in [0.1, 0.15) is 67.1 Å².